The summed E-state index contributed by atoms with van der Waals surface area (Å²) in [5, 5.41) is 0. The van der Waals surface area contributed by atoms with Crippen LogP contribution in [0.15, 0.2) is 22.7 Å². The fourth-order valence-electron chi connectivity index (χ4n) is 1.67. The highest BCUT2D eigenvalue weighted by Gasteiger charge is 2.28. The van der Waals surface area contributed by atoms with Crippen molar-refractivity contribution in [3.63, 3.8) is 0 Å². The van der Waals surface area contributed by atoms with Crippen molar-refractivity contribution >= 4 is 21.7 Å². The summed E-state index contributed by atoms with van der Waals surface area (Å²) in [6, 6.07) is 5.36. The second-order valence-corrected chi connectivity index (χ2v) is 5.46. The number of hydrogen-bond donors (Lipinski definition) is 1. The van der Waals surface area contributed by atoms with E-state index >= 15 is 0 Å². The average Bonchev–Trinajstić information content (AvgIpc) is 2.27. The van der Waals surface area contributed by atoms with Crippen molar-refractivity contribution in [1.82, 2.24) is 0 Å². The molecular formula is C13H18BrNO2. The molecule has 0 bridgehead atoms. The van der Waals surface area contributed by atoms with Crippen molar-refractivity contribution in [3.8, 4) is 5.75 Å². The van der Waals surface area contributed by atoms with Crippen molar-refractivity contribution in [1.29, 1.82) is 0 Å². The highest BCUT2D eigenvalue weighted by Crippen LogP contribution is 2.30. The first-order valence-electron chi connectivity index (χ1n) is 5.51. The van der Waals surface area contributed by atoms with Crippen LogP contribution >= 0.6 is 15.9 Å². The van der Waals surface area contributed by atoms with Crippen LogP contribution in [-0.2, 0) is 0 Å². The molecule has 0 aliphatic carbocycles. The molecule has 0 fully saturated rings. The maximum absolute atomic E-state index is 12.3. The van der Waals surface area contributed by atoms with E-state index in [2.05, 4.69) is 15.9 Å². The van der Waals surface area contributed by atoms with E-state index in [1.807, 2.05) is 13.8 Å². The fraction of sp³-hybridized carbons (Fsp3) is 0.462. The molecule has 1 aromatic rings. The maximum atomic E-state index is 12.3. The van der Waals surface area contributed by atoms with E-state index in [1.54, 1.807) is 25.3 Å². The lowest BCUT2D eigenvalue weighted by molar-refractivity contribution is 0.0829. The van der Waals surface area contributed by atoms with E-state index in [-0.39, 0.29) is 5.78 Å². The predicted octanol–water partition coefficient (Wildman–Crippen LogP) is 3.02. The van der Waals surface area contributed by atoms with Gasteiger partial charge in [-0.1, -0.05) is 13.8 Å². The van der Waals surface area contributed by atoms with Gasteiger partial charge in [-0.15, -0.1) is 0 Å². The molecule has 0 radical (unpaired) electrons. The first-order valence-corrected chi connectivity index (χ1v) is 6.30. The van der Waals surface area contributed by atoms with Crippen molar-refractivity contribution in [2.75, 3.05) is 13.7 Å². The van der Waals surface area contributed by atoms with Crippen LogP contribution < -0.4 is 10.5 Å². The molecule has 2 N–H and O–H groups in total. The second-order valence-electron chi connectivity index (χ2n) is 4.60. The van der Waals surface area contributed by atoms with Gasteiger partial charge in [0.15, 0.2) is 5.78 Å². The van der Waals surface area contributed by atoms with Crippen molar-refractivity contribution in [2.45, 2.75) is 20.3 Å². The number of nitrogens with two attached hydrogens (primary N) is 1. The summed E-state index contributed by atoms with van der Waals surface area (Å²) in [7, 11) is 1.60. The van der Waals surface area contributed by atoms with E-state index < -0.39 is 5.41 Å². The third-order valence-electron chi connectivity index (χ3n) is 2.80. The number of ether oxygens (including phenoxy) is 1. The summed E-state index contributed by atoms with van der Waals surface area (Å²) in [4.78, 5) is 12.3. The highest BCUT2D eigenvalue weighted by atomic mass is 79.9. The summed E-state index contributed by atoms with van der Waals surface area (Å²) in [5.74, 6) is 0.824. The molecule has 1 rings (SSSR count). The Morgan fingerprint density at radius 2 is 2.12 bits per heavy atom. The fourth-order valence-corrected chi connectivity index (χ4v) is 2.21. The van der Waals surface area contributed by atoms with Crippen molar-refractivity contribution in [3.05, 3.63) is 28.2 Å². The van der Waals surface area contributed by atoms with Gasteiger partial charge in [0.25, 0.3) is 0 Å². The number of carbonyl (C=O) groups excluding carboxylic acids is 1. The normalized spacial score (nSPS) is 11.4. The molecule has 4 heteroatoms. The van der Waals surface area contributed by atoms with Crippen molar-refractivity contribution in [2.24, 2.45) is 11.1 Å². The summed E-state index contributed by atoms with van der Waals surface area (Å²) < 4.78 is 5.92. The molecule has 94 valence electrons. The lowest BCUT2D eigenvalue weighted by atomic mass is 9.81. The molecule has 0 spiro atoms. The van der Waals surface area contributed by atoms with Gasteiger partial charge in [0.05, 0.1) is 11.6 Å². The first kappa shape index (κ1) is 14.2. The second kappa shape index (κ2) is 5.65. The molecular weight excluding hydrogens is 282 g/mol. The zero-order chi connectivity index (χ0) is 13.1. The molecule has 0 heterocycles. The summed E-state index contributed by atoms with van der Waals surface area (Å²) in [6.07, 6.45) is 0.676. The van der Waals surface area contributed by atoms with Gasteiger partial charge in [-0.05, 0) is 47.1 Å². The highest BCUT2D eigenvalue weighted by molar-refractivity contribution is 9.10. The van der Waals surface area contributed by atoms with E-state index in [9.17, 15) is 4.79 Å². The minimum Gasteiger partial charge on any atom is -0.496 e. The Balaban J connectivity index is 3.01. The zero-order valence-electron chi connectivity index (χ0n) is 10.4. The monoisotopic (exact) mass is 299 g/mol. The van der Waals surface area contributed by atoms with Crippen LogP contribution in [-0.4, -0.2) is 19.4 Å². The summed E-state index contributed by atoms with van der Waals surface area (Å²) in [5.41, 5.74) is 5.77. The van der Waals surface area contributed by atoms with Crippen LogP contribution in [0.2, 0.25) is 0 Å². The molecule has 3 nitrogen and oxygen atoms in total. The van der Waals surface area contributed by atoms with E-state index in [0.29, 0.717) is 18.5 Å². The number of halogens is 1. The van der Waals surface area contributed by atoms with Crippen LogP contribution in [0.4, 0.5) is 0 Å². The Labute approximate surface area is 110 Å². The predicted molar refractivity (Wildman–Crippen MR) is 72.5 cm³/mol. The molecule has 0 aliphatic rings. The maximum Gasteiger partial charge on any atom is 0.168 e. The standard InChI is InChI=1S/C13H18BrNO2/c1-13(2,6-7-15)12(16)9-4-5-11(17-3)10(14)8-9/h4-5,8H,6-7,15H2,1-3H3. The average molecular weight is 300 g/mol. The third-order valence-corrected chi connectivity index (χ3v) is 3.42. The molecule has 0 aliphatic heterocycles. The molecule has 0 atom stereocenters. The Morgan fingerprint density at radius 1 is 1.47 bits per heavy atom. The van der Waals surface area contributed by atoms with Crippen LogP contribution in [0, 0.1) is 5.41 Å². The van der Waals surface area contributed by atoms with Gasteiger partial charge >= 0.3 is 0 Å². The van der Waals surface area contributed by atoms with E-state index in [4.69, 9.17) is 10.5 Å². The molecule has 0 unspecified atom stereocenters. The minimum atomic E-state index is -0.428. The van der Waals surface area contributed by atoms with Gasteiger partial charge in [0.2, 0.25) is 0 Å². The largest absolute Gasteiger partial charge is 0.496 e. The Kier molecular flexibility index (Phi) is 4.71. The topological polar surface area (TPSA) is 52.3 Å². The van der Waals surface area contributed by atoms with Crippen molar-refractivity contribution < 1.29 is 9.53 Å². The number of methoxy groups -OCH3 is 1. The van der Waals surface area contributed by atoms with Crippen LogP contribution in [0.5, 0.6) is 5.75 Å². The van der Waals surface area contributed by atoms with E-state index in [1.165, 1.54) is 0 Å². The lowest BCUT2D eigenvalue weighted by Gasteiger charge is -2.22. The summed E-state index contributed by atoms with van der Waals surface area (Å²) in [6.45, 7) is 4.34. The lowest BCUT2D eigenvalue weighted by Crippen LogP contribution is -2.27. The van der Waals surface area contributed by atoms with Gasteiger partial charge in [-0.3, -0.25) is 4.79 Å². The molecule has 0 saturated heterocycles. The first-order chi connectivity index (χ1) is 7.92. The number of hydrogen-bond acceptors (Lipinski definition) is 3. The van der Waals surface area contributed by atoms with E-state index in [0.717, 1.165) is 10.2 Å². The Morgan fingerprint density at radius 3 is 2.59 bits per heavy atom. The summed E-state index contributed by atoms with van der Waals surface area (Å²) >= 11 is 3.38. The number of Topliss-reactive ketones (excluding diaryl/α,β-unsaturated/α-hetero) is 1. The SMILES string of the molecule is COc1ccc(C(=O)C(C)(C)CCN)cc1Br. The van der Waals surface area contributed by atoms with Crippen LogP contribution in [0.1, 0.15) is 30.6 Å². The van der Waals surface area contributed by atoms with Gasteiger partial charge < -0.3 is 10.5 Å². The van der Waals surface area contributed by atoms with Gasteiger partial charge in [0.1, 0.15) is 5.75 Å². The quantitative estimate of drug-likeness (QED) is 0.850. The Bertz CT molecular complexity index is 416. The molecule has 1 aromatic carbocycles. The number of rotatable bonds is 5. The minimum absolute atomic E-state index is 0.103. The van der Waals surface area contributed by atoms with Crippen LogP contribution in [0.25, 0.3) is 0 Å². The zero-order valence-corrected chi connectivity index (χ0v) is 12.0. The smallest absolute Gasteiger partial charge is 0.168 e. The van der Waals surface area contributed by atoms with Gasteiger partial charge in [0, 0.05) is 11.0 Å². The molecule has 0 saturated carbocycles. The van der Waals surface area contributed by atoms with Gasteiger partial charge in [-0.25, -0.2) is 0 Å². The molecule has 17 heavy (non-hydrogen) atoms. The van der Waals surface area contributed by atoms with Crippen LogP contribution in [0.3, 0.4) is 0 Å². The number of benzene rings is 1. The molecule has 0 amide bonds. The third kappa shape index (κ3) is 3.30. The molecule has 0 aromatic heterocycles. The Hall–Kier alpha value is -0.870. The number of carbonyl (C=O) groups is 1. The number of ketones is 1. The van der Waals surface area contributed by atoms with Gasteiger partial charge in [-0.2, -0.15) is 0 Å².